The topological polar surface area (TPSA) is 78.6 Å². The summed E-state index contributed by atoms with van der Waals surface area (Å²) in [5.41, 5.74) is -0.436. The molecule has 0 aliphatic rings. The second kappa shape index (κ2) is 2.07. The van der Waals surface area contributed by atoms with E-state index in [9.17, 15) is 9.59 Å². The van der Waals surface area contributed by atoms with Crippen molar-refractivity contribution < 1.29 is 0 Å². The maximum atomic E-state index is 11.0. The fourth-order valence-electron chi connectivity index (χ4n) is 0.867. The summed E-state index contributed by atoms with van der Waals surface area (Å²) in [6.45, 7) is 0. The number of hydrogen-bond acceptors (Lipinski definition) is 3. The molecule has 5 nitrogen and oxygen atoms in total. The van der Waals surface area contributed by atoms with Gasteiger partial charge in [0.25, 0.3) is 5.56 Å². The minimum atomic E-state index is -0.502. The molecule has 0 spiro atoms. The minimum absolute atomic E-state index is 0.269. The van der Waals surface area contributed by atoms with E-state index in [1.165, 1.54) is 0 Å². The van der Waals surface area contributed by atoms with Gasteiger partial charge in [-0.3, -0.25) is 14.8 Å². The predicted molar refractivity (Wildman–Crippen MR) is 42.5 cm³/mol. The van der Waals surface area contributed by atoms with Gasteiger partial charge in [-0.2, -0.15) is 0 Å². The number of hydrogen-bond donors (Lipinski definition) is 2. The van der Waals surface area contributed by atoms with Gasteiger partial charge in [0.2, 0.25) is 0 Å². The van der Waals surface area contributed by atoms with Crippen molar-refractivity contribution in [2.75, 3.05) is 0 Å². The molecule has 2 heterocycles. The zero-order valence-corrected chi connectivity index (χ0v) is 6.34. The van der Waals surface area contributed by atoms with Gasteiger partial charge in [-0.25, -0.2) is 9.78 Å². The Hall–Kier alpha value is -1.35. The van der Waals surface area contributed by atoms with E-state index >= 15 is 0 Å². The van der Waals surface area contributed by atoms with Crippen LogP contribution in [0.15, 0.2) is 15.5 Å². The predicted octanol–water partition coefficient (Wildman–Crippen LogP) is -0.357. The van der Waals surface area contributed by atoms with Gasteiger partial charge in [0.1, 0.15) is 5.12 Å². The van der Waals surface area contributed by atoms with Crippen molar-refractivity contribution in [3.8, 4) is 0 Å². The summed E-state index contributed by atoms with van der Waals surface area (Å²) in [4.78, 5) is 30.0. The van der Waals surface area contributed by atoms with Crippen LogP contribution >= 0.6 is 8.19 Å². The van der Waals surface area contributed by atoms with Gasteiger partial charge in [0.05, 0.1) is 0 Å². The van der Waals surface area contributed by atoms with Crippen LogP contribution in [-0.2, 0) is 0 Å². The summed E-state index contributed by atoms with van der Waals surface area (Å²) in [6.07, 6.45) is 0. The third-order valence-corrected chi connectivity index (χ3v) is 2.34. The summed E-state index contributed by atoms with van der Waals surface area (Å²) in [5.74, 6) is 1.62. The Morgan fingerprint density at radius 3 is 3.00 bits per heavy atom. The van der Waals surface area contributed by atoms with Gasteiger partial charge in [-0.15, -0.1) is 8.19 Å². The molecule has 6 heteroatoms. The van der Waals surface area contributed by atoms with Crippen molar-refractivity contribution in [2.24, 2.45) is 0 Å². The second-order valence-electron chi connectivity index (χ2n) is 2.03. The van der Waals surface area contributed by atoms with Crippen LogP contribution in [0.2, 0.25) is 0 Å². The molecule has 0 bridgehead atoms. The van der Waals surface area contributed by atoms with E-state index in [0.717, 1.165) is 0 Å². The number of nitrogens with zero attached hydrogens (tertiary/aromatic N) is 1. The zero-order chi connectivity index (χ0) is 7.84. The molecule has 2 aromatic heterocycles. The van der Waals surface area contributed by atoms with Gasteiger partial charge < -0.3 is 0 Å². The fourth-order valence-corrected chi connectivity index (χ4v) is 1.65. The lowest BCUT2D eigenvalue weighted by Crippen LogP contribution is -2.20. The molecule has 0 amide bonds. The van der Waals surface area contributed by atoms with Crippen molar-refractivity contribution >= 4 is 19.0 Å². The summed E-state index contributed by atoms with van der Waals surface area (Å²) in [7, 11) is 0.269. The lowest BCUT2D eigenvalue weighted by atomic mass is 10.6. The normalized spacial score (nSPS) is 11.3. The van der Waals surface area contributed by atoms with Gasteiger partial charge in [-0.05, 0) is 0 Å². The van der Waals surface area contributed by atoms with Crippen LogP contribution in [0.1, 0.15) is 0 Å². The van der Waals surface area contributed by atoms with Crippen LogP contribution in [-0.4, -0.2) is 15.0 Å². The Morgan fingerprint density at radius 1 is 1.36 bits per heavy atom. The van der Waals surface area contributed by atoms with Crippen molar-refractivity contribution in [3.63, 3.8) is 0 Å². The molecule has 2 rings (SSSR count). The summed E-state index contributed by atoms with van der Waals surface area (Å²) < 4.78 is 0. The van der Waals surface area contributed by atoms with Crippen molar-refractivity contribution in [1.29, 1.82) is 0 Å². The average Bonchev–Trinajstić information content (AvgIpc) is 2.34. The molecule has 0 aliphatic heterocycles. The van der Waals surface area contributed by atoms with E-state index in [2.05, 4.69) is 15.0 Å². The molecule has 2 N–H and O–H groups in total. The lowest BCUT2D eigenvalue weighted by Gasteiger charge is -1.83. The van der Waals surface area contributed by atoms with Crippen LogP contribution in [0.4, 0.5) is 0 Å². The van der Waals surface area contributed by atoms with Crippen LogP contribution in [0.25, 0.3) is 10.8 Å². The quantitative estimate of drug-likeness (QED) is 0.565. The minimum Gasteiger partial charge on any atom is -0.291 e. The summed E-state index contributed by atoms with van der Waals surface area (Å²) >= 11 is 0. The van der Waals surface area contributed by atoms with Gasteiger partial charge >= 0.3 is 5.69 Å². The first-order chi connectivity index (χ1) is 5.27. The molecule has 0 aliphatic carbocycles. The average molecular weight is 169 g/mol. The smallest absolute Gasteiger partial charge is 0.291 e. The highest BCUT2D eigenvalue weighted by Crippen LogP contribution is 2.12. The van der Waals surface area contributed by atoms with Crippen molar-refractivity contribution in [1.82, 2.24) is 15.0 Å². The van der Waals surface area contributed by atoms with E-state index in [1.54, 1.807) is 5.93 Å². The maximum Gasteiger partial charge on any atom is 0.327 e. The molecular formula is C5H4N3O2P. The first-order valence-corrected chi connectivity index (χ1v) is 4.01. The number of H-pyrrole nitrogens is 2. The maximum absolute atomic E-state index is 11.0. The molecule has 0 aromatic carbocycles. The Balaban J connectivity index is 3.15. The molecule has 0 radical (unpaired) electrons. The number of fused-ring (bicyclic) bond motifs is 1. The zero-order valence-electron chi connectivity index (χ0n) is 5.34. The Morgan fingerprint density at radius 2 is 2.18 bits per heavy atom. The first kappa shape index (κ1) is 6.37. The highest BCUT2D eigenvalue weighted by molar-refractivity contribution is 7.35. The van der Waals surface area contributed by atoms with Crippen LogP contribution in [0.3, 0.4) is 0 Å². The molecule has 0 saturated carbocycles. The van der Waals surface area contributed by atoms with Crippen LogP contribution < -0.4 is 11.2 Å². The lowest BCUT2D eigenvalue weighted by molar-refractivity contribution is 1.07. The molecule has 0 saturated heterocycles. The van der Waals surface area contributed by atoms with E-state index < -0.39 is 5.69 Å². The second-order valence-corrected chi connectivity index (χ2v) is 3.08. The highest BCUT2D eigenvalue weighted by Gasteiger charge is 1.99. The molecule has 11 heavy (non-hydrogen) atoms. The third kappa shape index (κ3) is 0.897. The Bertz CT molecular complexity index is 494. The Labute approximate surface area is 61.6 Å². The molecule has 2 aromatic rings. The number of aromatic amines is 2. The number of aromatic nitrogens is 3. The van der Waals surface area contributed by atoms with E-state index in [4.69, 9.17) is 0 Å². The summed E-state index contributed by atoms with van der Waals surface area (Å²) in [6, 6.07) is 0. The molecular weight excluding hydrogens is 165 g/mol. The molecule has 1 unspecified atom stereocenters. The number of rotatable bonds is 0. The van der Waals surface area contributed by atoms with Gasteiger partial charge in [0.15, 0.2) is 5.65 Å². The summed E-state index contributed by atoms with van der Waals surface area (Å²) in [5, 5.41) is 0.560. The van der Waals surface area contributed by atoms with E-state index in [-0.39, 0.29) is 13.8 Å². The Kier molecular flexibility index (Phi) is 1.20. The van der Waals surface area contributed by atoms with Crippen molar-refractivity contribution in [3.05, 3.63) is 26.8 Å². The number of nitrogens with one attached hydrogen (secondary N) is 2. The molecule has 1 atom stereocenters. The van der Waals surface area contributed by atoms with Crippen LogP contribution in [0.5, 0.6) is 0 Å². The largest absolute Gasteiger partial charge is 0.327 e. The van der Waals surface area contributed by atoms with E-state index in [0.29, 0.717) is 10.8 Å². The SMILES string of the molecule is O=c1[nH]c(=O)c2[pH]cnc2[nH]1. The fraction of sp³-hybridized carbons (Fsp3) is 0. The van der Waals surface area contributed by atoms with Gasteiger partial charge in [-0.1, -0.05) is 0 Å². The van der Waals surface area contributed by atoms with Crippen LogP contribution in [0, 0.1) is 0 Å². The molecule has 0 fully saturated rings. The highest BCUT2D eigenvalue weighted by atomic mass is 31.0. The molecule has 56 valence electrons. The first-order valence-electron chi connectivity index (χ1n) is 2.93. The van der Waals surface area contributed by atoms with Gasteiger partial charge in [0, 0.05) is 5.93 Å². The third-order valence-electron chi connectivity index (χ3n) is 1.33. The monoisotopic (exact) mass is 169 g/mol. The van der Waals surface area contributed by atoms with E-state index in [1.807, 2.05) is 0 Å². The standard InChI is InChI=1S/C5H4N3O2P/c9-4-2-3(6-1-11-2)7-5(10)8-4/h1,11H,(H2,7,8,9,10). The van der Waals surface area contributed by atoms with Crippen molar-refractivity contribution in [2.45, 2.75) is 0 Å².